The molecule has 0 spiro atoms. The molecular formula is C26H23NO5S. The van der Waals surface area contributed by atoms with Crippen LogP contribution < -0.4 is 0 Å². The molecule has 7 heteroatoms. The Hall–Kier alpha value is -3.71. The first kappa shape index (κ1) is 22.5. The first-order valence-electron chi connectivity index (χ1n) is 10.5. The molecule has 4 rings (SSSR count). The molecule has 3 aromatic carbocycles. The largest absolute Gasteiger partial charge is 0.478 e. The Morgan fingerprint density at radius 2 is 1.55 bits per heavy atom. The van der Waals surface area contributed by atoms with Gasteiger partial charge in [-0.05, 0) is 31.5 Å². The first-order chi connectivity index (χ1) is 15.9. The maximum absolute atomic E-state index is 13.2. The predicted octanol–water partition coefficient (Wildman–Crippen LogP) is 4.87. The Balaban J connectivity index is 1.94. The summed E-state index contributed by atoms with van der Waals surface area (Å²) in [6.45, 7) is 3.68. The molecule has 1 unspecified atom stereocenters. The number of sulfonamides is 1. The van der Waals surface area contributed by atoms with E-state index in [9.17, 15) is 13.2 Å². The van der Waals surface area contributed by atoms with Crippen LogP contribution in [0.15, 0.2) is 99.8 Å². The van der Waals surface area contributed by atoms with Gasteiger partial charge in [-0.2, -0.15) is 12.8 Å². The molecule has 168 valence electrons. The zero-order valence-electron chi connectivity index (χ0n) is 18.3. The van der Waals surface area contributed by atoms with Gasteiger partial charge in [-0.15, -0.1) is 0 Å². The van der Waals surface area contributed by atoms with E-state index in [2.05, 4.69) is 4.40 Å². The topological polar surface area (TPSA) is 82.0 Å². The minimum Gasteiger partial charge on any atom is -0.478 e. The van der Waals surface area contributed by atoms with E-state index in [0.29, 0.717) is 11.1 Å². The number of nitrogens with zero attached hydrogens (tertiary/aromatic N) is 1. The standard InChI is InChI=1S/C26H23NO5S/c1-3-31-26(28)22-23(27-33(29,30)21-16-14-18(2)15-17-21)25(20-12-8-5-9-13-20)32-24(22)19-10-6-4-7-11-19/h4-17,25H,3H2,1-2H3/b27-23-. The van der Waals surface area contributed by atoms with Crippen molar-refractivity contribution < 1.29 is 22.7 Å². The number of esters is 1. The normalized spacial score (nSPS) is 17.2. The average Bonchev–Trinajstić information content (AvgIpc) is 3.19. The van der Waals surface area contributed by atoms with Crippen molar-refractivity contribution in [1.29, 1.82) is 0 Å². The quantitative estimate of drug-likeness (QED) is 0.489. The highest BCUT2D eigenvalue weighted by Gasteiger charge is 2.40. The van der Waals surface area contributed by atoms with E-state index in [1.807, 2.05) is 43.3 Å². The van der Waals surface area contributed by atoms with E-state index < -0.39 is 22.1 Å². The summed E-state index contributed by atoms with van der Waals surface area (Å²) in [6, 6.07) is 24.5. The van der Waals surface area contributed by atoms with Crippen molar-refractivity contribution in [2.24, 2.45) is 4.40 Å². The van der Waals surface area contributed by atoms with Gasteiger partial charge in [0.2, 0.25) is 0 Å². The third kappa shape index (κ3) is 4.73. The predicted molar refractivity (Wildman–Crippen MR) is 126 cm³/mol. The molecule has 1 aliphatic heterocycles. The van der Waals surface area contributed by atoms with Crippen LogP contribution in [0, 0.1) is 6.92 Å². The lowest BCUT2D eigenvalue weighted by Gasteiger charge is -2.14. The van der Waals surface area contributed by atoms with Gasteiger partial charge in [0, 0.05) is 5.56 Å². The highest BCUT2D eigenvalue weighted by Crippen LogP contribution is 2.40. The van der Waals surface area contributed by atoms with Gasteiger partial charge in [0.15, 0.2) is 6.10 Å². The third-order valence-corrected chi connectivity index (χ3v) is 6.43. The van der Waals surface area contributed by atoms with Crippen molar-refractivity contribution in [1.82, 2.24) is 0 Å². The van der Waals surface area contributed by atoms with Crippen molar-refractivity contribution in [2.75, 3.05) is 6.61 Å². The van der Waals surface area contributed by atoms with Crippen molar-refractivity contribution in [3.63, 3.8) is 0 Å². The van der Waals surface area contributed by atoms with Crippen LogP contribution in [0.2, 0.25) is 0 Å². The molecule has 0 aliphatic carbocycles. The molecule has 0 N–H and O–H groups in total. The molecule has 6 nitrogen and oxygen atoms in total. The maximum atomic E-state index is 13.2. The molecule has 33 heavy (non-hydrogen) atoms. The van der Waals surface area contributed by atoms with Crippen LogP contribution in [-0.2, 0) is 24.3 Å². The molecule has 0 bridgehead atoms. The molecule has 1 heterocycles. The summed E-state index contributed by atoms with van der Waals surface area (Å²) in [4.78, 5) is 13.1. The Bertz CT molecular complexity index is 1310. The van der Waals surface area contributed by atoms with Gasteiger partial charge in [0.25, 0.3) is 10.0 Å². The Morgan fingerprint density at radius 3 is 2.15 bits per heavy atom. The highest BCUT2D eigenvalue weighted by atomic mass is 32.2. The minimum atomic E-state index is -4.12. The Morgan fingerprint density at radius 1 is 0.939 bits per heavy atom. The van der Waals surface area contributed by atoms with Gasteiger partial charge in [0.1, 0.15) is 17.0 Å². The molecule has 0 saturated carbocycles. The second-order valence-electron chi connectivity index (χ2n) is 7.46. The van der Waals surface area contributed by atoms with Gasteiger partial charge < -0.3 is 9.47 Å². The monoisotopic (exact) mass is 461 g/mol. The fourth-order valence-corrected chi connectivity index (χ4v) is 4.55. The SMILES string of the molecule is CCOC(=O)C1=C(c2ccccc2)OC(c2ccccc2)/C1=N\S(=O)(=O)c1ccc(C)cc1. The van der Waals surface area contributed by atoms with Gasteiger partial charge in [0.05, 0.1) is 11.5 Å². The molecule has 1 atom stereocenters. The summed E-state index contributed by atoms with van der Waals surface area (Å²) in [5.74, 6) is -0.451. The van der Waals surface area contributed by atoms with Crippen LogP contribution in [0.25, 0.3) is 5.76 Å². The lowest BCUT2D eigenvalue weighted by atomic mass is 10.00. The zero-order chi connectivity index (χ0) is 23.4. The third-order valence-electron chi connectivity index (χ3n) is 5.12. The molecule has 1 aliphatic rings. The average molecular weight is 462 g/mol. The van der Waals surface area contributed by atoms with E-state index >= 15 is 0 Å². The Kier molecular flexibility index (Phi) is 6.42. The molecule has 0 radical (unpaired) electrons. The Labute approximate surface area is 193 Å². The summed E-state index contributed by atoms with van der Waals surface area (Å²) in [5.41, 5.74) is 2.22. The smallest absolute Gasteiger partial charge is 0.344 e. The van der Waals surface area contributed by atoms with Crippen molar-refractivity contribution in [3.05, 3.63) is 107 Å². The number of benzene rings is 3. The number of ether oxygens (including phenoxy) is 2. The molecule has 0 aromatic heterocycles. The summed E-state index contributed by atoms with van der Waals surface area (Å²) >= 11 is 0. The van der Waals surface area contributed by atoms with Crippen LogP contribution in [-0.4, -0.2) is 26.7 Å². The molecule has 3 aromatic rings. The van der Waals surface area contributed by atoms with Crippen LogP contribution >= 0.6 is 0 Å². The summed E-state index contributed by atoms with van der Waals surface area (Å²) in [5, 5.41) is 0. The second kappa shape index (κ2) is 9.42. The number of rotatable bonds is 6. The number of hydrogen-bond donors (Lipinski definition) is 0. The van der Waals surface area contributed by atoms with E-state index in [1.165, 1.54) is 12.1 Å². The molecule has 0 amide bonds. The van der Waals surface area contributed by atoms with E-state index in [-0.39, 0.29) is 28.5 Å². The van der Waals surface area contributed by atoms with Crippen molar-refractivity contribution in [2.45, 2.75) is 24.8 Å². The number of hydrogen-bond acceptors (Lipinski definition) is 5. The van der Waals surface area contributed by atoms with Gasteiger partial charge >= 0.3 is 5.97 Å². The summed E-state index contributed by atoms with van der Waals surface area (Å²) in [6.07, 6.45) is -0.888. The van der Waals surface area contributed by atoms with E-state index in [0.717, 1.165) is 5.56 Å². The lowest BCUT2D eigenvalue weighted by Crippen LogP contribution is -2.19. The van der Waals surface area contributed by atoms with Crippen LogP contribution in [0.4, 0.5) is 0 Å². The van der Waals surface area contributed by atoms with Crippen LogP contribution in [0.1, 0.15) is 29.7 Å². The summed E-state index contributed by atoms with van der Waals surface area (Å²) < 4.78 is 42.1. The molecular weight excluding hydrogens is 438 g/mol. The second-order valence-corrected chi connectivity index (χ2v) is 9.07. The van der Waals surface area contributed by atoms with Gasteiger partial charge in [-0.3, -0.25) is 0 Å². The highest BCUT2D eigenvalue weighted by molar-refractivity contribution is 7.90. The molecule has 0 fully saturated rings. The van der Waals surface area contributed by atoms with Crippen LogP contribution in [0.3, 0.4) is 0 Å². The number of carbonyl (C=O) groups excluding carboxylic acids is 1. The lowest BCUT2D eigenvalue weighted by molar-refractivity contribution is -0.137. The minimum absolute atomic E-state index is 0.000854. The maximum Gasteiger partial charge on any atom is 0.344 e. The first-order valence-corrected chi connectivity index (χ1v) is 11.9. The van der Waals surface area contributed by atoms with Gasteiger partial charge in [-0.25, -0.2) is 4.79 Å². The summed E-state index contributed by atoms with van der Waals surface area (Å²) in [7, 11) is -4.12. The number of carbonyl (C=O) groups is 1. The van der Waals surface area contributed by atoms with Crippen molar-refractivity contribution >= 4 is 27.5 Å². The zero-order valence-corrected chi connectivity index (χ0v) is 19.1. The fourth-order valence-electron chi connectivity index (χ4n) is 3.52. The van der Waals surface area contributed by atoms with Gasteiger partial charge in [-0.1, -0.05) is 78.4 Å². The van der Waals surface area contributed by atoms with Crippen LogP contribution in [0.5, 0.6) is 0 Å². The molecule has 0 saturated heterocycles. The van der Waals surface area contributed by atoms with E-state index in [4.69, 9.17) is 9.47 Å². The van der Waals surface area contributed by atoms with E-state index in [1.54, 1.807) is 43.3 Å². The number of aryl methyl sites for hydroxylation is 1. The van der Waals surface area contributed by atoms with Crippen molar-refractivity contribution in [3.8, 4) is 0 Å². The fraction of sp³-hybridized carbons (Fsp3) is 0.154.